The molecule has 0 heterocycles. The van der Waals surface area contributed by atoms with Crippen molar-refractivity contribution in [2.24, 2.45) is 0 Å². The highest BCUT2D eigenvalue weighted by Gasteiger charge is 2.19. The van der Waals surface area contributed by atoms with Gasteiger partial charge in [-0.05, 0) is 12.2 Å². The highest BCUT2D eigenvalue weighted by atomic mass is 16.7. The molecule has 0 rings (SSSR count). The fourth-order valence-corrected chi connectivity index (χ4v) is 0.987. The smallest absolute Gasteiger partial charge is 0.129 e. The standard InChI is InChI=1S/C9H18NO2/c1-4-6-10(3,7-5-2)12-9-8-11/h4-5,11H,1-2,6-9H2,3H3/q+1. The van der Waals surface area contributed by atoms with Crippen molar-refractivity contribution >= 4 is 0 Å². The molecule has 0 aliphatic carbocycles. The van der Waals surface area contributed by atoms with Crippen molar-refractivity contribution < 1.29 is 14.6 Å². The molecule has 0 aromatic carbocycles. The second-order valence-electron chi connectivity index (χ2n) is 2.80. The van der Waals surface area contributed by atoms with Crippen LogP contribution in [0.25, 0.3) is 0 Å². The van der Waals surface area contributed by atoms with Crippen molar-refractivity contribution in [2.75, 3.05) is 33.4 Å². The molecule has 0 radical (unpaired) electrons. The first-order chi connectivity index (χ1) is 5.68. The Labute approximate surface area is 74.1 Å². The Morgan fingerprint density at radius 1 is 1.33 bits per heavy atom. The van der Waals surface area contributed by atoms with Crippen LogP contribution in [0.1, 0.15) is 0 Å². The fourth-order valence-electron chi connectivity index (χ4n) is 0.987. The number of quaternary nitrogens is 1. The van der Waals surface area contributed by atoms with E-state index in [1.165, 1.54) is 0 Å². The van der Waals surface area contributed by atoms with Crippen LogP contribution in [0.3, 0.4) is 0 Å². The molecule has 0 aromatic heterocycles. The third kappa shape index (κ3) is 4.28. The largest absolute Gasteiger partial charge is 0.394 e. The van der Waals surface area contributed by atoms with Gasteiger partial charge in [0.05, 0.1) is 13.7 Å². The van der Waals surface area contributed by atoms with Crippen molar-refractivity contribution in [3.63, 3.8) is 0 Å². The van der Waals surface area contributed by atoms with Crippen molar-refractivity contribution in [3.05, 3.63) is 25.3 Å². The number of hydrogen-bond acceptors (Lipinski definition) is 2. The summed E-state index contributed by atoms with van der Waals surface area (Å²) in [5.41, 5.74) is 0. The van der Waals surface area contributed by atoms with E-state index in [0.29, 0.717) is 24.3 Å². The van der Waals surface area contributed by atoms with Gasteiger partial charge in [0.2, 0.25) is 0 Å². The molecule has 0 unspecified atom stereocenters. The van der Waals surface area contributed by atoms with Crippen molar-refractivity contribution in [1.29, 1.82) is 0 Å². The summed E-state index contributed by atoms with van der Waals surface area (Å²) in [6.07, 6.45) is 3.59. The average molecular weight is 172 g/mol. The Bertz CT molecular complexity index is 135. The molecular formula is C9H18NO2+. The lowest BCUT2D eigenvalue weighted by molar-refractivity contribution is -1.08. The van der Waals surface area contributed by atoms with Gasteiger partial charge in [-0.2, -0.15) is 4.65 Å². The zero-order valence-electron chi connectivity index (χ0n) is 7.70. The Kier molecular flexibility index (Phi) is 5.62. The first kappa shape index (κ1) is 11.4. The SMILES string of the molecule is C=CC[N+](C)(CC=C)OCCO. The predicted molar refractivity (Wildman–Crippen MR) is 49.4 cm³/mol. The Hall–Kier alpha value is -0.640. The van der Waals surface area contributed by atoms with Gasteiger partial charge in [-0.3, -0.25) is 0 Å². The minimum atomic E-state index is 0.0438. The first-order valence-corrected chi connectivity index (χ1v) is 4.00. The number of likely N-dealkylation sites (N-methyl/N-ethyl adjacent to an activating group) is 1. The van der Waals surface area contributed by atoms with Crippen molar-refractivity contribution in [2.45, 2.75) is 0 Å². The molecule has 3 nitrogen and oxygen atoms in total. The predicted octanol–water partition coefficient (Wildman–Crippen LogP) is 0.729. The molecule has 0 saturated heterocycles. The van der Waals surface area contributed by atoms with E-state index in [0.717, 1.165) is 0 Å². The quantitative estimate of drug-likeness (QED) is 0.348. The molecule has 0 bridgehead atoms. The fraction of sp³-hybridized carbons (Fsp3) is 0.556. The van der Waals surface area contributed by atoms with E-state index in [2.05, 4.69) is 13.2 Å². The molecule has 1 N–H and O–H groups in total. The highest BCUT2D eigenvalue weighted by molar-refractivity contribution is 4.68. The molecule has 0 aliphatic heterocycles. The maximum absolute atomic E-state index is 8.58. The van der Waals surface area contributed by atoms with Gasteiger partial charge in [0.15, 0.2) is 0 Å². The second-order valence-corrected chi connectivity index (χ2v) is 2.80. The van der Waals surface area contributed by atoms with Crippen molar-refractivity contribution in [1.82, 2.24) is 0 Å². The van der Waals surface area contributed by atoms with Crippen LogP contribution in [0, 0.1) is 0 Å². The number of aliphatic hydroxyl groups excluding tert-OH is 1. The van der Waals surface area contributed by atoms with Crippen LogP contribution in [0.5, 0.6) is 0 Å². The van der Waals surface area contributed by atoms with E-state index >= 15 is 0 Å². The number of aliphatic hydroxyl groups is 1. The molecule has 70 valence electrons. The minimum absolute atomic E-state index is 0.0438. The maximum atomic E-state index is 8.58. The zero-order valence-corrected chi connectivity index (χ0v) is 7.70. The topological polar surface area (TPSA) is 29.5 Å². The van der Waals surface area contributed by atoms with Crippen LogP contribution in [-0.2, 0) is 4.84 Å². The van der Waals surface area contributed by atoms with Gasteiger partial charge in [0, 0.05) is 0 Å². The third-order valence-corrected chi connectivity index (χ3v) is 1.52. The molecule has 0 aliphatic rings. The summed E-state index contributed by atoms with van der Waals surface area (Å²) in [6, 6.07) is 0. The van der Waals surface area contributed by atoms with Gasteiger partial charge in [-0.1, -0.05) is 13.2 Å². The van der Waals surface area contributed by atoms with E-state index in [4.69, 9.17) is 9.94 Å². The van der Waals surface area contributed by atoms with Gasteiger partial charge in [-0.25, -0.2) is 4.84 Å². The third-order valence-electron chi connectivity index (χ3n) is 1.52. The van der Waals surface area contributed by atoms with Gasteiger partial charge in [0.1, 0.15) is 19.7 Å². The first-order valence-electron chi connectivity index (χ1n) is 4.00. The lowest BCUT2D eigenvalue weighted by Crippen LogP contribution is -2.44. The van der Waals surface area contributed by atoms with E-state index in [1.807, 2.05) is 7.05 Å². The molecule has 0 saturated carbocycles. The molecule has 0 atom stereocenters. The summed E-state index contributed by atoms with van der Waals surface area (Å²) in [7, 11) is 1.93. The molecule has 0 fully saturated rings. The number of hydrogen-bond donors (Lipinski definition) is 1. The van der Waals surface area contributed by atoms with Gasteiger partial charge >= 0.3 is 0 Å². The number of nitrogens with zero attached hydrogens (tertiary/aromatic N) is 1. The van der Waals surface area contributed by atoms with E-state index in [9.17, 15) is 0 Å². The minimum Gasteiger partial charge on any atom is -0.394 e. The maximum Gasteiger partial charge on any atom is 0.129 e. The lowest BCUT2D eigenvalue weighted by atomic mass is 10.5. The van der Waals surface area contributed by atoms with Gasteiger partial charge in [0.25, 0.3) is 0 Å². The Balaban J connectivity index is 3.96. The Morgan fingerprint density at radius 3 is 2.17 bits per heavy atom. The highest BCUT2D eigenvalue weighted by Crippen LogP contribution is 2.03. The van der Waals surface area contributed by atoms with Crippen LogP contribution in [-0.4, -0.2) is 43.1 Å². The number of rotatable bonds is 7. The summed E-state index contributed by atoms with van der Waals surface area (Å²) < 4.78 is 0.396. The lowest BCUT2D eigenvalue weighted by Gasteiger charge is -2.28. The average Bonchev–Trinajstić information content (AvgIpc) is 2.02. The van der Waals surface area contributed by atoms with E-state index < -0.39 is 0 Å². The molecule has 0 amide bonds. The zero-order chi connectivity index (χ0) is 9.45. The summed E-state index contributed by atoms with van der Waals surface area (Å²) in [5, 5.41) is 8.58. The van der Waals surface area contributed by atoms with E-state index in [-0.39, 0.29) is 6.61 Å². The summed E-state index contributed by atoms with van der Waals surface area (Å²) >= 11 is 0. The molecule has 0 spiro atoms. The monoisotopic (exact) mass is 172 g/mol. The summed E-state index contributed by atoms with van der Waals surface area (Å²) in [5.74, 6) is 0. The Morgan fingerprint density at radius 2 is 1.83 bits per heavy atom. The number of hydroxylamine groups is 3. The normalized spacial score (nSPS) is 11.2. The second kappa shape index (κ2) is 5.94. The van der Waals surface area contributed by atoms with Crippen LogP contribution in [0.4, 0.5) is 0 Å². The van der Waals surface area contributed by atoms with Crippen LogP contribution in [0.15, 0.2) is 25.3 Å². The summed E-state index contributed by atoms with van der Waals surface area (Å²) in [6.45, 7) is 9.10. The molecule has 12 heavy (non-hydrogen) atoms. The molecule has 3 heteroatoms. The molecule has 0 aromatic rings. The molecular weight excluding hydrogens is 154 g/mol. The van der Waals surface area contributed by atoms with Crippen LogP contribution in [0.2, 0.25) is 0 Å². The van der Waals surface area contributed by atoms with Gasteiger partial charge in [-0.15, -0.1) is 0 Å². The van der Waals surface area contributed by atoms with Gasteiger partial charge < -0.3 is 5.11 Å². The van der Waals surface area contributed by atoms with Crippen LogP contribution >= 0.6 is 0 Å². The summed E-state index contributed by atoms with van der Waals surface area (Å²) in [4.78, 5) is 5.40. The van der Waals surface area contributed by atoms with Crippen molar-refractivity contribution in [3.8, 4) is 0 Å². The van der Waals surface area contributed by atoms with Crippen LogP contribution < -0.4 is 0 Å². The van der Waals surface area contributed by atoms with E-state index in [1.54, 1.807) is 12.2 Å².